The smallest absolute Gasteiger partial charge is 0.189 e. The zero-order valence-corrected chi connectivity index (χ0v) is 19.9. The Bertz CT molecular complexity index is 1400. The van der Waals surface area contributed by atoms with E-state index in [1.54, 1.807) is 54.5 Å². The van der Waals surface area contributed by atoms with Gasteiger partial charge < -0.3 is 4.74 Å². The van der Waals surface area contributed by atoms with Crippen molar-refractivity contribution in [3.8, 4) is 23.0 Å². The van der Waals surface area contributed by atoms with E-state index in [4.69, 9.17) is 4.74 Å². The number of methoxy groups -OCH3 is 1. The Balaban J connectivity index is 1.75. The quantitative estimate of drug-likeness (QED) is 0.374. The second-order valence-corrected chi connectivity index (χ2v) is 10.2. The third-order valence-electron chi connectivity index (χ3n) is 5.65. The molecule has 0 N–H and O–H groups in total. The average Bonchev–Trinajstić information content (AvgIpc) is 3.44. The molecule has 0 fully saturated rings. The van der Waals surface area contributed by atoms with Crippen LogP contribution in [0.3, 0.4) is 0 Å². The number of hydrogen-bond donors (Lipinski definition) is 0. The normalized spacial score (nSPS) is 13.6. The lowest BCUT2D eigenvalue weighted by molar-refractivity contribution is 0.412. The minimum absolute atomic E-state index is 0.212. The predicted molar refractivity (Wildman–Crippen MR) is 123 cm³/mol. The van der Waals surface area contributed by atoms with Gasteiger partial charge in [0.15, 0.2) is 27.3 Å². The summed E-state index contributed by atoms with van der Waals surface area (Å²) in [5.41, 5.74) is 1.12. The fourth-order valence-corrected chi connectivity index (χ4v) is 5.12. The van der Waals surface area contributed by atoms with Crippen molar-refractivity contribution in [1.29, 1.82) is 0 Å². The molecule has 0 spiro atoms. The first-order valence-electron chi connectivity index (χ1n) is 10.5. The molecule has 4 aromatic rings. The van der Waals surface area contributed by atoms with Gasteiger partial charge in [0.25, 0.3) is 0 Å². The number of halogens is 1. The van der Waals surface area contributed by atoms with E-state index in [1.807, 2.05) is 12.1 Å². The summed E-state index contributed by atoms with van der Waals surface area (Å²) in [7, 11) is -0.437. The molecule has 2 atom stereocenters. The van der Waals surface area contributed by atoms with Gasteiger partial charge in [-0.25, -0.2) is 22.8 Å². The fourth-order valence-electron chi connectivity index (χ4n) is 3.57. The Morgan fingerprint density at radius 1 is 1.09 bits per heavy atom. The predicted octanol–water partition coefficient (Wildman–Crippen LogP) is 2.71. The van der Waals surface area contributed by atoms with Crippen molar-refractivity contribution in [2.75, 3.05) is 7.11 Å². The Hall–Kier alpha value is -3.67. The van der Waals surface area contributed by atoms with Gasteiger partial charge in [0.2, 0.25) is 0 Å². The van der Waals surface area contributed by atoms with Gasteiger partial charge in [-0.3, -0.25) is 9.25 Å². The van der Waals surface area contributed by atoms with Crippen LogP contribution < -0.4 is 4.74 Å². The number of benzene rings is 1. The van der Waals surface area contributed by atoms with E-state index < -0.39 is 32.6 Å². The summed E-state index contributed by atoms with van der Waals surface area (Å²) in [4.78, 5) is 7.89. The van der Waals surface area contributed by atoms with Crippen LogP contribution >= 0.6 is 0 Å². The number of aromatic nitrogens is 7. The highest BCUT2D eigenvalue weighted by molar-refractivity contribution is 7.91. The Morgan fingerprint density at radius 2 is 1.79 bits per heavy atom. The van der Waals surface area contributed by atoms with Gasteiger partial charge in [0.05, 0.1) is 30.4 Å². The molecule has 0 radical (unpaired) electrons. The number of rotatable bonds is 8. The third-order valence-corrected chi connectivity index (χ3v) is 7.85. The lowest BCUT2D eigenvalue weighted by atomic mass is 10.1. The van der Waals surface area contributed by atoms with Gasteiger partial charge in [-0.05, 0) is 25.1 Å². The summed E-state index contributed by atoms with van der Waals surface area (Å²) in [6, 6.07) is 8.96. The highest BCUT2D eigenvalue weighted by Gasteiger charge is 2.32. The van der Waals surface area contributed by atoms with E-state index in [2.05, 4.69) is 25.3 Å². The molecule has 178 valence electrons. The maximum atomic E-state index is 13.4. The zero-order chi connectivity index (χ0) is 24.5. The van der Waals surface area contributed by atoms with Gasteiger partial charge in [-0.1, -0.05) is 19.1 Å². The molecule has 0 aliphatic rings. The summed E-state index contributed by atoms with van der Waals surface area (Å²) in [5, 5.41) is 12.0. The van der Waals surface area contributed by atoms with E-state index in [9.17, 15) is 12.8 Å². The average molecular weight is 486 g/mol. The highest BCUT2D eigenvalue weighted by atomic mass is 32.2. The number of nitrogens with zero attached hydrogens (tertiary/aromatic N) is 7. The summed E-state index contributed by atoms with van der Waals surface area (Å²) in [5.74, 6) is -0.168. The van der Waals surface area contributed by atoms with Crippen molar-refractivity contribution in [1.82, 2.24) is 34.5 Å². The minimum Gasteiger partial charge on any atom is -0.495 e. The number of para-hydroxylation sites is 2. The standard InChI is InChI=1S/C22H24FN7O3S/c1-14(21-24-11-16(23)12-25-21)15(2)34(31,32)13-20-26-27-22(17-9-10-29(3)28-17)30(20)18-7-5-6-8-19(18)33-4/h5-12,14-15H,13H2,1-4H3/t14-,15-/m0/s1. The van der Waals surface area contributed by atoms with E-state index in [0.29, 0.717) is 23.0 Å². The van der Waals surface area contributed by atoms with Crippen LogP contribution in [0.1, 0.15) is 31.4 Å². The number of hydrogen-bond acceptors (Lipinski definition) is 8. The Morgan fingerprint density at radius 3 is 2.44 bits per heavy atom. The van der Waals surface area contributed by atoms with Crippen molar-refractivity contribution in [2.24, 2.45) is 7.05 Å². The SMILES string of the molecule is COc1ccccc1-n1c(CS(=O)(=O)[C@@H](C)[C@H](C)c2ncc(F)cn2)nnc1-c1ccn(C)n1. The monoisotopic (exact) mass is 485 g/mol. The van der Waals surface area contributed by atoms with Crippen LogP contribution in [-0.4, -0.2) is 55.3 Å². The molecule has 10 nitrogen and oxygen atoms in total. The topological polar surface area (TPSA) is 118 Å². The number of sulfone groups is 1. The van der Waals surface area contributed by atoms with Gasteiger partial charge in [-0.15, -0.1) is 10.2 Å². The fraction of sp³-hybridized carbons (Fsp3) is 0.318. The molecule has 3 heterocycles. The molecule has 4 rings (SSSR count). The van der Waals surface area contributed by atoms with Gasteiger partial charge in [0.1, 0.15) is 23.0 Å². The van der Waals surface area contributed by atoms with Crippen LogP contribution in [0.25, 0.3) is 17.2 Å². The van der Waals surface area contributed by atoms with Crippen molar-refractivity contribution in [2.45, 2.75) is 30.8 Å². The van der Waals surface area contributed by atoms with Gasteiger partial charge in [0, 0.05) is 19.2 Å². The highest BCUT2D eigenvalue weighted by Crippen LogP contribution is 2.30. The zero-order valence-electron chi connectivity index (χ0n) is 19.1. The molecule has 0 saturated heterocycles. The van der Waals surface area contributed by atoms with Crippen molar-refractivity contribution in [3.05, 3.63) is 66.4 Å². The first-order chi connectivity index (χ1) is 16.2. The Kier molecular flexibility index (Phi) is 6.42. The largest absolute Gasteiger partial charge is 0.495 e. The van der Waals surface area contributed by atoms with Gasteiger partial charge >= 0.3 is 0 Å². The second kappa shape index (κ2) is 9.29. The molecule has 34 heavy (non-hydrogen) atoms. The maximum Gasteiger partial charge on any atom is 0.189 e. The van der Waals surface area contributed by atoms with Crippen LogP contribution in [0, 0.1) is 5.82 Å². The Labute approximate surface area is 196 Å². The van der Waals surface area contributed by atoms with Crippen LogP contribution in [0.15, 0.2) is 48.9 Å². The summed E-state index contributed by atoms with van der Waals surface area (Å²) in [6.07, 6.45) is 3.81. The molecule has 0 aliphatic carbocycles. The molecule has 3 aromatic heterocycles. The maximum absolute atomic E-state index is 13.4. The first-order valence-corrected chi connectivity index (χ1v) is 12.2. The molecule has 0 aliphatic heterocycles. The van der Waals surface area contributed by atoms with Crippen LogP contribution in [-0.2, 0) is 22.6 Å². The summed E-state index contributed by atoms with van der Waals surface area (Å²) in [6.45, 7) is 3.27. The second-order valence-electron chi connectivity index (χ2n) is 7.88. The molecule has 0 amide bonds. The first kappa shape index (κ1) is 23.5. The molecule has 0 bridgehead atoms. The summed E-state index contributed by atoms with van der Waals surface area (Å²) >= 11 is 0. The van der Waals surface area contributed by atoms with Crippen LogP contribution in [0.5, 0.6) is 5.75 Å². The third kappa shape index (κ3) is 4.53. The number of aryl methyl sites for hydroxylation is 1. The lowest BCUT2D eigenvalue weighted by Crippen LogP contribution is -2.27. The molecule has 12 heteroatoms. The molecular formula is C22H24FN7O3S. The number of ether oxygens (including phenoxy) is 1. The lowest BCUT2D eigenvalue weighted by Gasteiger charge is -2.19. The van der Waals surface area contributed by atoms with E-state index in [0.717, 1.165) is 12.4 Å². The van der Waals surface area contributed by atoms with Crippen molar-refractivity contribution < 1.29 is 17.5 Å². The molecule has 1 aromatic carbocycles. The molecule has 0 unspecified atom stereocenters. The van der Waals surface area contributed by atoms with E-state index in [1.165, 1.54) is 7.11 Å². The van der Waals surface area contributed by atoms with Crippen molar-refractivity contribution in [3.63, 3.8) is 0 Å². The van der Waals surface area contributed by atoms with E-state index >= 15 is 0 Å². The van der Waals surface area contributed by atoms with E-state index in [-0.39, 0.29) is 11.6 Å². The van der Waals surface area contributed by atoms with Crippen LogP contribution in [0.4, 0.5) is 4.39 Å². The molecule has 0 saturated carbocycles. The molecular weight excluding hydrogens is 461 g/mol. The van der Waals surface area contributed by atoms with Crippen molar-refractivity contribution >= 4 is 9.84 Å². The van der Waals surface area contributed by atoms with Crippen LogP contribution in [0.2, 0.25) is 0 Å². The summed E-state index contributed by atoms with van der Waals surface area (Å²) < 4.78 is 48.8. The minimum atomic E-state index is -3.75. The van der Waals surface area contributed by atoms with Gasteiger partial charge in [-0.2, -0.15) is 5.10 Å².